The number of hydrogen-bond donors (Lipinski definition) is 1. The number of ether oxygens (including phenoxy) is 4. The van der Waals surface area contributed by atoms with Crippen LogP contribution >= 0.6 is 0 Å². The minimum atomic E-state index is -3.59. The van der Waals surface area contributed by atoms with Crippen LogP contribution in [0.2, 0.25) is 0 Å². The molecule has 0 radical (unpaired) electrons. The largest absolute Gasteiger partial charge is 0.394 e. The summed E-state index contributed by atoms with van der Waals surface area (Å²) < 4.78 is 47.7. The molecule has 2 aromatic rings. The van der Waals surface area contributed by atoms with E-state index in [0.717, 1.165) is 11.1 Å². The van der Waals surface area contributed by atoms with Crippen LogP contribution in [0.15, 0.2) is 47.6 Å². The zero-order chi connectivity index (χ0) is 21.0. The molecule has 0 aliphatic carbocycles. The van der Waals surface area contributed by atoms with E-state index < -0.39 is 10.0 Å². The molecule has 162 valence electrons. The first-order valence-electron chi connectivity index (χ1n) is 9.45. The zero-order valence-corrected chi connectivity index (χ0v) is 17.5. The third-order valence-corrected chi connectivity index (χ3v) is 5.60. The summed E-state index contributed by atoms with van der Waals surface area (Å²) in [4.78, 5) is 0.252. The van der Waals surface area contributed by atoms with E-state index in [0.29, 0.717) is 52.9 Å². The average Bonchev–Trinajstić information content (AvgIpc) is 3.19. The van der Waals surface area contributed by atoms with Gasteiger partial charge in [0, 0.05) is 12.4 Å². The van der Waals surface area contributed by atoms with Crippen LogP contribution in [0.1, 0.15) is 11.1 Å². The summed E-state index contributed by atoms with van der Waals surface area (Å²) in [5.74, 6) is 0. The molecule has 29 heavy (non-hydrogen) atoms. The van der Waals surface area contributed by atoms with Gasteiger partial charge in [-0.1, -0.05) is 17.7 Å². The Morgan fingerprint density at radius 1 is 0.828 bits per heavy atom. The van der Waals surface area contributed by atoms with Crippen molar-refractivity contribution in [3.63, 3.8) is 0 Å². The number of aromatic nitrogens is 1. The molecule has 0 aliphatic rings. The molecular weight excluding hydrogens is 398 g/mol. The first-order valence-corrected chi connectivity index (χ1v) is 10.9. The van der Waals surface area contributed by atoms with Crippen LogP contribution < -0.4 is 0 Å². The smallest absolute Gasteiger partial charge is 0.267 e. The maximum Gasteiger partial charge on any atom is 0.267 e. The van der Waals surface area contributed by atoms with Crippen LogP contribution in [-0.2, 0) is 35.6 Å². The fraction of sp³-hybridized carbons (Fsp3) is 0.500. The molecule has 8 nitrogen and oxygen atoms in total. The highest BCUT2D eigenvalue weighted by Gasteiger charge is 2.16. The van der Waals surface area contributed by atoms with Crippen molar-refractivity contribution < 1.29 is 32.5 Å². The minimum absolute atomic E-state index is 0.0103. The molecule has 0 unspecified atom stereocenters. The Labute approximate surface area is 172 Å². The molecule has 1 N–H and O–H groups in total. The molecule has 1 heterocycles. The molecule has 0 saturated carbocycles. The van der Waals surface area contributed by atoms with Crippen molar-refractivity contribution in [3.8, 4) is 0 Å². The van der Waals surface area contributed by atoms with Gasteiger partial charge in [-0.05, 0) is 30.7 Å². The third kappa shape index (κ3) is 8.25. The first kappa shape index (κ1) is 23.5. The molecule has 0 fully saturated rings. The number of aliphatic hydroxyl groups excluding tert-OH is 1. The summed E-state index contributed by atoms with van der Waals surface area (Å²) in [5.41, 5.74) is 1.78. The van der Waals surface area contributed by atoms with E-state index in [-0.39, 0.29) is 11.5 Å². The molecule has 1 aromatic heterocycles. The third-order valence-electron chi connectivity index (χ3n) is 3.95. The minimum Gasteiger partial charge on any atom is -0.394 e. The van der Waals surface area contributed by atoms with E-state index in [9.17, 15) is 8.42 Å². The standard InChI is InChI=1S/C20H29NO7S/c1-18-2-4-20(5-3-18)29(23,24)21-7-6-19(16-21)17-28-15-14-27-13-12-26-11-10-25-9-8-22/h2-7,16,22H,8-15,17H2,1H3. The Bertz CT molecular complexity index is 802. The first-order chi connectivity index (χ1) is 14.0. The fourth-order valence-electron chi connectivity index (χ4n) is 2.40. The van der Waals surface area contributed by atoms with Crippen molar-refractivity contribution in [1.29, 1.82) is 0 Å². The van der Waals surface area contributed by atoms with Gasteiger partial charge < -0.3 is 24.1 Å². The number of hydrogen-bond acceptors (Lipinski definition) is 7. The summed E-state index contributed by atoms with van der Waals surface area (Å²) in [6.07, 6.45) is 3.08. The monoisotopic (exact) mass is 427 g/mol. The van der Waals surface area contributed by atoms with Crippen LogP contribution in [0.25, 0.3) is 0 Å². The zero-order valence-electron chi connectivity index (χ0n) is 16.7. The van der Waals surface area contributed by atoms with E-state index in [1.807, 2.05) is 6.92 Å². The van der Waals surface area contributed by atoms with E-state index in [2.05, 4.69) is 0 Å². The lowest BCUT2D eigenvalue weighted by molar-refractivity contribution is -0.00742. The fourth-order valence-corrected chi connectivity index (χ4v) is 3.62. The Morgan fingerprint density at radius 3 is 1.97 bits per heavy atom. The van der Waals surface area contributed by atoms with Crippen molar-refractivity contribution in [3.05, 3.63) is 53.9 Å². The Hall–Kier alpha value is -1.75. The van der Waals surface area contributed by atoms with Gasteiger partial charge in [0.1, 0.15) is 0 Å². The normalized spacial score (nSPS) is 11.8. The highest BCUT2D eigenvalue weighted by Crippen LogP contribution is 2.16. The topological polar surface area (TPSA) is 96.2 Å². The van der Waals surface area contributed by atoms with E-state index in [1.165, 1.54) is 10.2 Å². The van der Waals surface area contributed by atoms with Crippen molar-refractivity contribution in [2.45, 2.75) is 18.4 Å². The maximum absolute atomic E-state index is 12.6. The SMILES string of the molecule is Cc1ccc(S(=O)(=O)n2ccc(COCCOCCOCCOCCO)c2)cc1. The summed E-state index contributed by atoms with van der Waals surface area (Å²) >= 11 is 0. The van der Waals surface area contributed by atoms with E-state index in [1.54, 1.807) is 36.5 Å². The molecule has 0 atom stereocenters. The number of aryl methyl sites for hydroxylation is 1. The van der Waals surface area contributed by atoms with Gasteiger partial charge in [-0.2, -0.15) is 0 Å². The van der Waals surface area contributed by atoms with Gasteiger partial charge >= 0.3 is 0 Å². The quantitative estimate of drug-likeness (QED) is 0.431. The van der Waals surface area contributed by atoms with Crippen LogP contribution in [0.5, 0.6) is 0 Å². The molecule has 1 aromatic carbocycles. The summed E-state index contributed by atoms with van der Waals surface area (Å²) in [7, 11) is -3.59. The average molecular weight is 428 g/mol. The molecule has 2 rings (SSSR count). The molecule has 0 spiro atoms. The Balaban J connectivity index is 1.60. The molecule has 0 bridgehead atoms. The van der Waals surface area contributed by atoms with E-state index in [4.69, 9.17) is 24.1 Å². The van der Waals surface area contributed by atoms with E-state index >= 15 is 0 Å². The van der Waals surface area contributed by atoms with Crippen molar-refractivity contribution in [2.24, 2.45) is 0 Å². The van der Waals surface area contributed by atoms with Crippen LogP contribution in [0.3, 0.4) is 0 Å². The molecule has 0 saturated heterocycles. The second kappa shape index (κ2) is 12.7. The van der Waals surface area contributed by atoms with Gasteiger partial charge in [0.2, 0.25) is 0 Å². The molecule has 9 heteroatoms. The summed E-state index contributed by atoms with van der Waals surface area (Å²) in [6.45, 7) is 5.19. The number of rotatable bonds is 15. The second-order valence-electron chi connectivity index (χ2n) is 6.28. The molecule has 0 amide bonds. The van der Waals surface area contributed by atoms with Gasteiger partial charge in [-0.25, -0.2) is 12.4 Å². The molecule has 0 aliphatic heterocycles. The number of nitrogens with zero attached hydrogens (tertiary/aromatic N) is 1. The van der Waals surface area contributed by atoms with Crippen molar-refractivity contribution in [1.82, 2.24) is 3.97 Å². The number of aliphatic hydroxyl groups is 1. The van der Waals surface area contributed by atoms with Gasteiger partial charge in [0.25, 0.3) is 10.0 Å². The van der Waals surface area contributed by atoms with Gasteiger partial charge in [0.05, 0.1) is 64.4 Å². The van der Waals surface area contributed by atoms with Gasteiger partial charge in [0.15, 0.2) is 0 Å². The van der Waals surface area contributed by atoms with Gasteiger partial charge in [-0.15, -0.1) is 0 Å². The predicted octanol–water partition coefficient (Wildman–Crippen LogP) is 1.59. The molecular formula is C20H29NO7S. The van der Waals surface area contributed by atoms with Crippen molar-refractivity contribution in [2.75, 3.05) is 52.9 Å². The Morgan fingerprint density at radius 2 is 1.38 bits per heavy atom. The van der Waals surface area contributed by atoms with Crippen LogP contribution in [0, 0.1) is 6.92 Å². The summed E-state index contributed by atoms with van der Waals surface area (Å²) in [6, 6.07) is 8.47. The van der Waals surface area contributed by atoms with Gasteiger partial charge in [-0.3, -0.25) is 0 Å². The van der Waals surface area contributed by atoms with Crippen LogP contribution in [-0.4, -0.2) is 70.4 Å². The van der Waals surface area contributed by atoms with Crippen molar-refractivity contribution >= 4 is 10.0 Å². The maximum atomic E-state index is 12.6. The Kier molecular flexibility index (Phi) is 10.3. The highest BCUT2D eigenvalue weighted by atomic mass is 32.2. The lowest BCUT2D eigenvalue weighted by Crippen LogP contribution is -2.12. The second-order valence-corrected chi connectivity index (χ2v) is 8.12. The number of benzene rings is 1. The lowest BCUT2D eigenvalue weighted by Gasteiger charge is -2.07. The lowest BCUT2D eigenvalue weighted by atomic mass is 10.2. The van der Waals surface area contributed by atoms with Crippen LogP contribution in [0.4, 0.5) is 0 Å². The highest BCUT2D eigenvalue weighted by molar-refractivity contribution is 7.90. The predicted molar refractivity (Wildman–Crippen MR) is 107 cm³/mol. The summed E-state index contributed by atoms with van der Waals surface area (Å²) in [5, 5.41) is 8.55.